The van der Waals surface area contributed by atoms with Crippen molar-refractivity contribution in [2.24, 2.45) is 5.73 Å². The quantitative estimate of drug-likeness (QED) is 0.269. The minimum Gasteiger partial charge on any atom is -0.423 e. The molecule has 0 aliphatic carbocycles. The predicted molar refractivity (Wildman–Crippen MR) is 126 cm³/mol. The van der Waals surface area contributed by atoms with Gasteiger partial charge in [0.2, 0.25) is 0 Å². The zero-order valence-corrected chi connectivity index (χ0v) is 17.9. The van der Waals surface area contributed by atoms with Gasteiger partial charge in [0.05, 0.1) is 11.3 Å². The fourth-order valence-corrected chi connectivity index (χ4v) is 4.15. The Morgan fingerprint density at radius 3 is 2.85 bits per heavy atom. The Kier molecular flexibility index (Phi) is 5.19. The molecule has 166 valence electrons. The molecule has 1 aliphatic heterocycles. The van der Waals surface area contributed by atoms with E-state index in [1.54, 1.807) is 30.3 Å². The van der Waals surface area contributed by atoms with Crippen LogP contribution in [0.1, 0.15) is 21.6 Å². The summed E-state index contributed by atoms with van der Waals surface area (Å²) in [5.41, 5.74) is 10.1. The number of hydrogen-bond donors (Lipinski definition) is 5. The number of para-hydroxylation sites is 1. The SMILES string of the molecule is CN1CCc2nc(-c3[nH]nc4c(C(N)=O)cccc34)nc(NCc3cccc(B(O)O)c3)c21. The van der Waals surface area contributed by atoms with E-state index in [1.165, 1.54) is 0 Å². The highest BCUT2D eigenvalue weighted by Crippen LogP contribution is 2.35. The maximum absolute atomic E-state index is 11.8. The molecule has 2 aromatic heterocycles. The standard InChI is InChI=1S/C22H22BN7O3/c1-30-9-8-16-19(30)22(25-11-12-4-2-5-13(10-12)23(32)33)27-21(26-16)18-14-6-3-7-15(20(24)31)17(14)28-29-18/h2-7,10,32-33H,8-9,11H2,1H3,(H2,24,31)(H,28,29)(H,25,26,27). The minimum atomic E-state index is -1.52. The van der Waals surface area contributed by atoms with E-state index < -0.39 is 13.0 Å². The molecule has 1 aliphatic rings. The van der Waals surface area contributed by atoms with Crippen molar-refractivity contribution in [3.05, 3.63) is 59.3 Å². The van der Waals surface area contributed by atoms with Crippen molar-refractivity contribution in [2.75, 3.05) is 23.8 Å². The Balaban J connectivity index is 1.55. The highest BCUT2D eigenvalue weighted by atomic mass is 16.4. The van der Waals surface area contributed by atoms with Crippen LogP contribution in [0.25, 0.3) is 22.4 Å². The second-order valence-corrected chi connectivity index (χ2v) is 8.00. The third kappa shape index (κ3) is 3.77. The van der Waals surface area contributed by atoms with Crippen LogP contribution in [0.15, 0.2) is 42.5 Å². The summed E-state index contributed by atoms with van der Waals surface area (Å²) in [6.45, 7) is 1.26. The molecule has 0 atom stereocenters. The number of nitrogens with one attached hydrogen (secondary N) is 2. The lowest BCUT2D eigenvalue weighted by atomic mass is 9.80. The van der Waals surface area contributed by atoms with Crippen LogP contribution in [0, 0.1) is 0 Å². The molecule has 0 saturated carbocycles. The van der Waals surface area contributed by atoms with E-state index in [9.17, 15) is 14.8 Å². The number of primary amides is 1. The van der Waals surface area contributed by atoms with Gasteiger partial charge in [-0.3, -0.25) is 9.89 Å². The van der Waals surface area contributed by atoms with E-state index in [0.717, 1.165) is 29.9 Å². The summed E-state index contributed by atoms with van der Waals surface area (Å²) < 4.78 is 0. The van der Waals surface area contributed by atoms with Gasteiger partial charge in [-0.1, -0.05) is 36.4 Å². The molecule has 0 unspecified atom stereocenters. The molecule has 0 saturated heterocycles. The number of aromatic amines is 1. The van der Waals surface area contributed by atoms with E-state index >= 15 is 0 Å². The predicted octanol–water partition coefficient (Wildman–Crippen LogP) is 0.403. The highest BCUT2D eigenvalue weighted by Gasteiger charge is 2.25. The van der Waals surface area contributed by atoms with Crippen LogP contribution in [0.2, 0.25) is 0 Å². The molecule has 0 radical (unpaired) electrons. The molecule has 6 N–H and O–H groups in total. The number of hydrogen-bond acceptors (Lipinski definition) is 8. The Bertz CT molecular complexity index is 1370. The van der Waals surface area contributed by atoms with Gasteiger partial charge in [-0.2, -0.15) is 5.10 Å². The first kappa shape index (κ1) is 20.9. The van der Waals surface area contributed by atoms with E-state index in [1.807, 2.05) is 19.2 Å². The fourth-order valence-electron chi connectivity index (χ4n) is 4.15. The van der Waals surface area contributed by atoms with Crippen LogP contribution >= 0.6 is 0 Å². The van der Waals surface area contributed by atoms with Gasteiger partial charge in [0.15, 0.2) is 11.6 Å². The number of rotatable bonds is 6. The van der Waals surface area contributed by atoms with Crippen LogP contribution in [0.4, 0.5) is 11.5 Å². The van der Waals surface area contributed by atoms with Gasteiger partial charge in [0, 0.05) is 31.9 Å². The molecule has 33 heavy (non-hydrogen) atoms. The van der Waals surface area contributed by atoms with E-state index in [2.05, 4.69) is 20.4 Å². The highest BCUT2D eigenvalue weighted by molar-refractivity contribution is 6.58. The summed E-state index contributed by atoms with van der Waals surface area (Å²) in [6, 6.07) is 12.3. The Labute approximate surface area is 189 Å². The molecule has 4 aromatic rings. The largest absolute Gasteiger partial charge is 0.488 e. The van der Waals surface area contributed by atoms with Gasteiger partial charge in [0.25, 0.3) is 5.91 Å². The number of H-pyrrole nitrogens is 1. The minimum absolute atomic E-state index is 0.334. The lowest BCUT2D eigenvalue weighted by molar-refractivity contribution is 0.100. The van der Waals surface area contributed by atoms with E-state index in [0.29, 0.717) is 45.8 Å². The maximum atomic E-state index is 11.8. The second-order valence-electron chi connectivity index (χ2n) is 8.00. The molecule has 2 aromatic carbocycles. The van der Waals surface area contributed by atoms with Gasteiger partial charge in [-0.05, 0) is 17.1 Å². The number of anilines is 2. The van der Waals surface area contributed by atoms with Gasteiger partial charge in [-0.25, -0.2) is 9.97 Å². The molecule has 0 bridgehead atoms. The number of benzene rings is 2. The first-order valence-corrected chi connectivity index (χ1v) is 10.5. The number of amides is 1. The fraction of sp³-hybridized carbons (Fsp3) is 0.182. The first-order valence-electron chi connectivity index (χ1n) is 10.5. The van der Waals surface area contributed by atoms with Crippen molar-refractivity contribution in [3.63, 3.8) is 0 Å². The maximum Gasteiger partial charge on any atom is 0.488 e. The second kappa shape index (κ2) is 8.19. The number of carbonyl (C=O) groups is 1. The molecule has 11 heteroatoms. The zero-order chi connectivity index (χ0) is 23.1. The molecule has 1 amide bonds. The van der Waals surface area contributed by atoms with Gasteiger partial charge in [0.1, 0.15) is 16.9 Å². The number of aromatic nitrogens is 4. The third-order valence-electron chi connectivity index (χ3n) is 5.81. The lowest BCUT2D eigenvalue weighted by Crippen LogP contribution is -2.30. The van der Waals surface area contributed by atoms with E-state index in [-0.39, 0.29) is 0 Å². The van der Waals surface area contributed by atoms with Crippen molar-refractivity contribution in [2.45, 2.75) is 13.0 Å². The number of likely N-dealkylation sites (N-methyl/N-ethyl adjacent to an activating group) is 1. The normalized spacial score (nSPS) is 12.8. The lowest BCUT2D eigenvalue weighted by Gasteiger charge is -2.17. The Morgan fingerprint density at radius 1 is 1.24 bits per heavy atom. The summed E-state index contributed by atoms with van der Waals surface area (Å²) in [6.07, 6.45) is 0.779. The molecule has 5 rings (SSSR count). The molecular formula is C22H22BN7O3. The molecular weight excluding hydrogens is 421 g/mol. The smallest absolute Gasteiger partial charge is 0.423 e. The Morgan fingerprint density at radius 2 is 2.06 bits per heavy atom. The van der Waals surface area contributed by atoms with Crippen LogP contribution in [0.5, 0.6) is 0 Å². The molecule has 10 nitrogen and oxygen atoms in total. The summed E-state index contributed by atoms with van der Waals surface area (Å²) in [5, 5.41) is 30.2. The zero-order valence-electron chi connectivity index (χ0n) is 17.9. The topological polar surface area (TPSA) is 153 Å². The van der Waals surface area contributed by atoms with Gasteiger partial charge < -0.3 is 26.0 Å². The molecule has 0 spiro atoms. The Hall–Kier alpha value is -3.96. The van der Waals surface area contributed by atoms with Crippen molar-refractivity contribution < 1.29 is 14.8 Å². The first-order chi connectivity index (χ1) is 15.9. The summed E-state index contributed by atoms with van der Waals surface area (Å²) in [7, 11) is 0.470. The average molecular weight is 443 g/mol. The van der Waals surface area contributed by atoms with Crippen molar-refractivity contribution >= 4 is 40.9 Å². The van der Waals surface area contributed by atoms with Crippen molar-refractivity contribution in [1.29, 1.82) is 0 Å². The van der Waals surface area contributed by atoms with Crippen LogP contribution in [0.3, 0.4) is 0 Å². The number of nitrogens with two attached hydrogens (primary N) is 1. The van der Waals surface area contributed by atoms with Crippen molar-refractivity contribution in [1.82, 2.24) is 20.2 Å². The van der Waals surface area contributed by atoms with Gasteiger partial charge >= 0.3 is 7.12 Å². The summed E-state index contributed by atoms with van der Waals surface area (Å²) in [4.78, 5) is 23.4. The van der Waals surface area contributed by atoms with Crippen LogP contribution < -0.4 is 21.4 Å². The van der Waals surface area contributed by atoms with Crippen LogP contribution in [-0.4, -0.2) is 56.8 Å². The molecule has 0 fully saturated rings. The third-order valence-corrected chi connectivity index (χ3v) is 5.81. The van der Waals surface area contributed by atoms with Crippen LogP contribution in [-0.2, 0) is 13.0 Å². The summed E-state index contributed by atoms with van der Waals surface area (Å²) >= 11 is 0. The average Bonchev–Trinajstić information content (AvgIpc) is 3.41. The van der Waals surface area contributed by atoms with Gasteiger partial charge in [-0.15, -0.1) is 0 Å². The van der Waals surface area contributed by atoms with E-state index in [4.69, 9.17) is 15.7 Å². The molecule has 3 heterocycles. The number of carbonyl (C=O) groups excluding carboxylic acids is 1. The number of fused-ring (bicyclic) bond motifs is 2. The number of nitrogens with zero attached hydrogens (tertiary/aromatic N) is 4. The summed E-state index contributed by atoms with van der Waals surface area (Å²) in [5.74, 6) is 0.585. The van der Waals surface area contributed by atoms with Crippen molar-refractivity contribution in [3.8, 4) is 11.5 Å². The monoisotopic (exact) mass is 443 g/mol.